The van der Waals surface area contributed by atoms with Crippen molar-refractivity contribution < 1.29 is 9.84 Å². The Balaban J connectivity index is 1.91. The van der Waals surface area contributed by atoms with Crippen LogP contribution >= 0.6 is 11.6 Å². The molecule has 0 spiro atoms. The van der Waals surface area contributed by atoms with E-state index in [4.69, 9.17) is 16.3 Å². The first-order valence-electron chi connectivity index (χ1n) is 7.73. The van der Waals surface area contributed by atoms with Gasteiger partial charge in [-0.3, -0.25) is 4.68 Å². The SMILES string of the molecule is CN(C)CCn1ncc(Cl)c1C(O)CCC1CCCCO1. The number of nitrogens with zero attached hydrogens (tertiary/aromatic N) is 3. The summed E-state index contributed by atoms with van der Waals surface area (Å²) in [7, 11) is 4.03. The number of halogens is 1. The Kier molecular flexibility index (Phi) is 6.48. The van der Waals surface area contributed by atoms with Crippen molar-refractivity contribution in [3.05, 3.63) is 16.9 Å². The molecule has 120 valence electrons. The minimum absolute atomic E-state index is 0.283. The number of hydrogen-bond donors (Lipinski definition) is 1. The second kappa shape index (κ2) is 8.13. The summed E-state index contributed by atoms with van der Waals surface area (Å²) in [6.07, 6.45) is 6.34. The Hall–Kier alpha value is -0.620. The first-order chi connectivity index (χ1) is 10.1. The lowest BCUT2D eigenvalue weighted by atomic mass is 10.0. The lowest BCUT2D eigenvalue weighted by molar-refractivity contribution is 0.00152. The van der Waals surface area contributed by atoms with E-state index in [9.17, 15) is 5.11 Å². The summed E-state index contributed by atoms with van der Waals surface area (Å²) in [6, 6.07) is 0. The highest BCUT2D eigenvalue weighted by molar-refractivity contribution is 6.31. The van der Waals surface area contributed by atoms with E-state index in [1.165, 1.54) is 6.42 Å². The molecule has 0 radical (unpaired) electrons. The molecule has 1 fully saturated rings. The molecule has 1 aliphatic heterocycles. The van der Waals surface area contributed by atoms with Crippen LogP contribution in [-0.4, -0.2) is 53.1 Å². The fourth-order valence-corrected chi connectivity index (χ4v) is 2.96. The molecule has 1 aliphatic rings. The largest absolute Gasteiger partial charge is 0.387 e. The van der Waals surface area contributed by atoms with Gasteiger partial charge in [0.25, 0.3) is 0 Å². The van der Waals surface area contributed by atoms with Crippen molar-refractivity contribution >= 4 is 11.6 Å². The van der Waals surface area contributed by atoms with E-state index < -0.39 is 6.10 Å². The Morgan fingerprint density at radius 1 is 1.52 bits per heavy atom. The summed E-state index contributed by atoms with van der Waals surface area (Å²) in [5.41, 5.74) is 0.731. The summed E-state index contributed by atoms with van der Waals surface area (Å²) in [5.74, 6) is 0. The zero-order valence-electron chi connectivity index (χ0n) is 13.0. The van der Waals surface area contributed by atoms with Gasteiger partial charge in [0, 0.05) is 13.2 Å². The zero-order valence-corrected chi connectivity index (χ0v) is 13.7. The lowest BCUT2D eigenvalue weighted by Gasteiger charge is -2.24. The molecule has 0 aliphatic carbocycles. The van der Waals surface area contributed by atoms with E-state index in [1.807, 2.05) is 18.8 Å². The van der Waals surface area contributed by atoms with Crippen molar-refractivity contribution in [1.82, 2.24) is 14.7 Å². The van der Waals surface area contributed by atoms with Crippen molar-refractivity contribution in [2.75, 3.05) is 27.2 Å². The van der Waals surface area contributed by atoms with Gasteiger partial charge in [-0.25, -0.2) is 0 Å². The van der Waals surface area contributed by atoms with Gasteiger partial charge in [0.15, 0.2) is 0 Å². The van der Waals surface area contributed by atoms with Crippen molar-refractivity contribution in [2.45, 2.75) is 50.9 Å². The van der Waals surface area contributed by atoms with Gasteiger partial charge in [0.2, 0.25) is 0 Å². The minimum atomic E-state index is -0.576. The van der Waals surface area contributed by atoms with Crippen LogP contribution in [0, 0.1) is 0 Å². The molecule has 2 unspecified atom stereocenters. The molecule has 1 N–H and O–H groups in total. The maximum absolute atomic E-state index is 10.5. The lowest BCUT2D eigenvalue weighted by Crippen LogP contribution is -2.22. The normalized spacial score (nSPS) is 20.9. The summed E-state index contributed by atoms with van der Waals surface area (Å²) in [5, 5.41) is 15.3. The maximum Gasteiger partial charge on any atom is 0.0972 e. The van der Waals surface area contributed by atoms with Crippen molar-refractivity contribution in [3.8, 4) is 0 Å². The third-order valence-corrected chi connectivity index (χ3v) is 4.24. The van der Waals surface area contributed by atoms with Crippen LogP contribution in [0.25, 0.3) is 0 Å². The average Bonchev–Trinajstić information content (AvgIpc) is 2.85. The van der Waals surface area contributed by atoms with Gasteiger partial charge in [-0.05, 0) is 46.2 Å². The molecular formula is C15H26ClN3O2. The molecule has 5 nitrogen and oxygen atoms in total. The quantitative estimate of drug-likeness (QED) is 0.840. The van der Waals surface area contributed by atoms with Crippen LogP contribution in [0.4, 0.5) is 0 Å². The number of hydrogen-bond acceptors (Lipinski definition) is 4. The standard InChI is InChI=1S/C15H26ClN3O2/c1-18(2)8-9-19-15(13(16)11-17-19)14(20)7-6-12-5-3-4-10-21-12/h11-12,14,20H,3-10H2,1-2H3. The van der Waals surface area contributed by atoms with Crippen LogP contribution in [0.3, 0.4) is 0 Å². The van der Waals surface area contributed by atoms with Crippen molar-refractivity contribution in [1.29, 1.82) is 0 Å². The van der Waals surface area contributed by atoms with Gasteiger partial charge in [-0.15, -0.1) is 0 Å². The Morgan fingerprint density at radius 2 is 2.33 bits per heavy atom. The molecule has 0 bridgehead atoms. The van der Waals surface area contributed by atoms with Gasteiger partial charge < -0.3 is 14.7 Å². The molecule has 2 heterocycles. The highest BCUT2D eigenvalue weighted by atomic mass is 35.5. The molecule has 0 aromatic carbocycles. The van der Waals surface area contributed by atoms with Crippen LogP contribution in [0.5, 0.6) is 0 Å². The first-order valence-corrected chi connectivity index (χ1v) is 8.11. The maximum atomic E-state index is 10.5. The Labute approximate surface area is 131 Å². The smallest absolute Gasteiger partial charge is 0.0972 e. The molecule has 21 heavy (non-hydrogen) atoms. The van der Waals surface area contributed by atoms with Crippen LogP contribution in [0.15, 0.2) is 6.20 Å². The van der Waals surface area contributed by atoms with Crippen LogP contribution in [0.2, 0.25) is 5.02 Å². The van der Waals surface area contributed by atoms with Gasteiger partial charge in [-0.2, -0.15) is 5.10 Å². The second-order valence-corrected chi connectivity index (χ2v) is 6.39. The molecule has 0 saturated carbocycles. The van der Waals surface area contributed by atoms with E-state index in [0.29, 0.717) is 11.4 Å². The van der Waals surface area contributed by atoms with Gasteiger partial charge in [0.1, 0.15) is 0 Å². The van der Waals surface area contributed by atoms with Gasteiger partial charge >= 0.3 is 0 Å². The average molecular weight is 316 g/mol. The summed E-state index contributed by atoms with van der Waals surface area (Å²) in [6.45, 7) is 2.44. The third kappa shape index (κ3) is 4.95. The molecule has 6 heteroatoms. The number of likely N-dealkylation sites (N-methyl/N-ethyl adjacent to an activating group) is 1. The van der Waals surface area contributed by atoms with Gasteiger partial charge in [0.05, 0.1) is 35.7 Å². The van der Waals surface area contributed by atoms with E-state index in [0.717, 1.165) is 44.7 Å². The first kappa shape index (κ1) is 16.7. The molecule has 2 atom stereocenters. The third-order valence-electron chi connectivity index (χ3n) is 3.94. The monoisotopic (exact) mass is 315 g/mol. The van der Waals surface area contributed by atoms with E-state index >= 15 is 0 Å². The predicted octanol–water partition coefficient (Wildman–Crippen LogP) is 2.48. The number of rotatable bonds is 7. The fourth-order valence-electron chi connectivity index (χ4n) is 2.69. The van der Waals surface area contributed by atoms with Crippen molar-refractivity contribution in [3.63, 3.8) is 0 Å². The fraction of sp³-hybridized carbons (Fsp3) is 0.800. The molecule has 0 amide bonds. The Morgan fingerprint density at radius 3 is 3.00 bits per heavy atom. The predicted molar refractivity (Wildman–Crippen MR) is 83.6 cm³/mol. The molecular weight excluding hydrogens is 290 g/mol. The number of aromatic nitrogens is 2. The highest BCUT2D eigenvalue weighted by Crippen LogP contribution is 2.28. The molecule has 1 aromatic rings. The molecule has 1 aromatic heterocycles. The minimum Gasteiger partial charge on any atom is -0.387 e. The number of ether oxygens (including phenoxy) is 1. The zero-order chi connectivity index (χ0) is 15.2. The van der Waals surface area contributed by atoms with Crippen molar-refractivity contribution in [2.24, 2.45) is 0 Å². The molecule has 2 rings (SSSR count). The molecule has 1 saturated heterocycles. The number of aliphatic hydroxyl groups excluding tert-OH is 1. The summed E-state index contributed by atoms with van der Waals surface area (Å²) in [4.78, 5) is 2.08. The van der Waals surface area contributed by atoms with E-state index in [1.54, 1.807) is 6.20 Å². The van der Waals surface area contributed by atoms with Crippen LogP contribution in [-0.2, 0) is 11.3 Å². The summed E-state index contributed by atoms with van der Waals surface area (Å²) < 4.78 is 7.53. The van der Waals surface area contributed by atoms with E-state index in [2.05, 4.69) is 10.00 Å². The highest BCUT2D eigenvalue weighted by Gasteiger charge is 2.21. The Bertz CT molecular complexity index is 431. The topological polar surface area (TPSA) is 50.5 Å². The number of aliphatic hydroxyl groups is 1. The van der Waals surface area contributed by atoms with Gasteiger partial charge in [-0.1, -0.05) is 11.6 Å². The second-order valence-electron chi connectivity index (χ2n) is 5.99. The van der Waals surface area contributed by atoms with Crippen LogP contribution in [0.1, 0.15) is 43.9 Å². The van der Waals surface area contributed by atoms with Crippen LogP contribution < -0.4 is 0 Å². The summed E-state index contributed by atoms with van der Waals surface area (Å²) >= 11 is 6.19. The van der Waals surface area contributed by atoms with E-state index in [-0.39, 0.29) is 6.10 Å².